The van der Waals surface area contributed by atoms with Crippen molar-refractivity contribution in [3.8, 4) is 0 Å². The summed E-state index contributed by atoms with van der Waals surface area (Å²) < 4.78 is 0. The SMILES string of the molecule is CCC1(C(=O)NCC2CCC(C)NC2)CCCC1. The lowest BCUT2D eigenvalue weighted by Crippen LogP contribution is -2.45. The number of nitrogens with one attached hydrogen (secondary N) is 2. The Kier molecular flexibility index (Phi) is 4.66. The van der Waals surface area contributed by atoms with Crippen molar-refractivity contribution in [3.63, 3.8) is 0 Å². The van der Waals surface area contributed by atoms with Gasteiger partial charge in [0.05, 0.1) is 0 Å². The Morgan fingerprint density at radius 1 is 1.33 bits per heavy atom. The van der Waals surface area contributed by atoms with E-state index in [0.29, 0.717) is 17.9 Å². The van der Waals surface area contributed by atoms with E-state index in [1.54, 1.807) is 0 Å². The summed E-state index contributed by atoms with van der Waals surface area (Å²) in [6.45, 7) is 6.31. The molecule has 1 saturated carbocycles. The van der Waals surface area contributed by atoms with E-state index >= 15 is 0 Å². The van der Waals surface area contributed by atoms with Gasteiger partial charge in [0.25, 0.3) is 0 Å². The third kappa shape index (κ3) is 3.05. The van der Waals surface area contributed by atoms with E-state index in [-0.39, 0.29) is 5.41 Å². The molecule has 0 aromatic heterocycles. The highest BCUT2D eigenvalue weighted by atomic mass is 16.2. The summed E-state index contributed by atoms with van der Waals surface area (Å²) in [5.41, 5.74) is -0.0324. The van der Waals surface area contributed by atoms with Crippen LogP contribution in [0, 0.1) is 11.3 Å². The first-order valence-corrected chi connectivity index (χ1v) is 7.68. The summed E-state index contributed by atoms with van der Waals surface area (Å²) in [5.74, 6) is 0.946. The van der Waals surface area contributed by atoms with Gasteiger partial charge in [-0.1, -0.05) is 19.8 Å². The molecule has 2 fully saturated rings. The Hall–Kier alpha value is -0.570. The number of amides is 1. The van der Waals surface area contributed by atoms with Gasteiger partial charge in [-0.2, -0.15) is 0 Å². The molecule has 2 rings (SSSR count). The first-order chi connectivity index (χ1) is 8.66. The summed E-state index contributed by atoms with van der Waals surface area (Å²) in [5, 5.41) is 6.72. The standard InChI is InChI=1S/C15H28N2O/c1-3-15(8-4-5-9-15)14(18)17-11-13-7-6-12(2)16-10-13/h12-13,16H,3-11H2,1-2H3,(H,17,18). The zero-order valence-electron chi connectivity index (χ0n) is 11.9. The second-order valence-corrected chi connectivity index (χ2v) is 6.30. The number of carbonyl (C=O) groups is 1. The maximum Gasteiger partial charge on any atom is 0.226 e. The van der Waals surface area contributed by atoms with Crippen molar-refractivity contribution in [1.82, 2.24) is 10.6 Å². The molecule has 1 aliphatic carbocycles. The van der Waals surface area contributed by atoms with Gasteiger partial charge in [-0.05, 0) is 51.5 Å². The molecule has 2 atom stereocenters. The Balaban J connectivity index is 1.77. The molecule has 1 saturated heterocycles. The number of hydrogen-bond acceptors (Lipinski definition) is 2. The quantitative estimate of drug-likeness (QED) is 0.807. The van der Waals surface area contributed by atoms with Crippen molar-refractivity contribution in [2.75, 3.05) is 13.1 Å². The average molecular weight is 252 g/mol. The lowest BCUT2D eigenvalue weighted by Gasteiger charge is -2.30. The van der Waals surface area contributed by atoms with Crippen LogP contribution in [0.5, 0.6) is 0 Å². The molecule has 0 aromatic rings. The second-order valence-electron chi connectivity index (χ2n) is 6.30. The van der Waals surface area contributed by atoms with Gasteiger partial charge in [0.1, 0.15) is 0 Å². The predicted molar refractivity (Wildman–Crippen MR) is 74.4 cm³/mol. The summed E-state index contributed by atoms with van der Waals surface area (Å²) in [6, 6.07) is 0.647. The Bertz CT molecular complexity index is 276. The van der Waals surface area contributed by atoms with Gasteiger partial charge in [0.2, 0.25) is 5.91 Å². The van der Waals surface area contributed by atoms with Crippen LogP contribution in [-0.2, 0) is 4.79 Å². The van der Waals surface area contributed by atoms with Crippen LogP contribution in [-0.4, -0.2) is 25.0 Å². The summed E-state index contributed by atoms with van der Waals surface area (Å²) in [4.78, 5) is 12.4. The maximum absolute atomic E-state index is 12.4. The first kappa shape index (κ1) is 13.9. The minimum Gasteiger partial charge on any atom is -0.355 e. The summed E-state index contributed by atoms with van der Waals surface area (Å²) in [7, 11) is 0. The molecule has 2 unspecified atom stereocenters. The van der Waals surface area contributed by atoms with Crippen molar-refractivity contribution >= 4 is 5.91 Å². The van der Waals surface area contributed by atoms with Crippen molar-refractivity contribution in [1.29, 1.82) is 0 Å². The lowest BCUT2D eigenvalue weighted by atomic mass is 9.82. The molecule has 18 heavy (non-hydrogen) atoms. The fourth-order valence-electron chi connectivity index (χ4n) is 3.45. The molecule has 1 aliphatic heterocycles. The lowest BCUT2D eigenvalue weighted by molar-refractivity contribution is -0.131. The Morgan fingerprint density at radius 3 is 2.61 bits per heavy atom. The molecule has 2 aliphatic rings. The van der Waals surface area contributed by atoms with E-state index in [1.165, 1.54) is 25.7 Å². The molecule has 1 heterocycles. The predicted octanol–water partition coefficient (Wildman–Crippen LogP) is 2.46. The largest absolute Gasteiger partial charge is 0.355 e. The third-order valence-corrected chi connectivity index (χ3v) is 5.03. The third-order valence-electron chi connectivity index (χ3n) is 5.03. The van der Waals surface area contributed by atoms with Gasteiger partial charge < -0.3 is 10.6 Å². The fourth-order valence-corrected chi connectivity index (χ4v) is 3.45. The zero-order chi connectivity index (χ0) is 13.0. The normalized spacial score (nSPS) is 31.2. The molecule has 3 nitrogen and oxygen atoms in total. The smallest absolute Gasteiger partial charge is 0.226 e. The Morgan fingerprint density at radius 2 is 2.06 bits per heavy atom. The van der Waals surface area contributed by atoms with Gasteiger partial charge in [-0.3, -0.25) is 4.79 Å². The highest BCUT2D eigenvalue weighted by Crippen LogP contribution is 2.41. The van der Waals surface area contributed by atoms with Crippen molar-refractivity contribution in [2.24, 2.45) is 11.3 Å². The maximum atomic E-state index is 12.4. The zero-order valence-corrected chi connectivity index (χ0v) is 11.9. The summed E-state index contributed by atoms with van der Waals surface area (Å²) >= 11 is 0. The van der Waals surface area contributed by atoms with Gasteiger partial charge >= 0.3 is 0 Å². The molecule has 2 N–H and O–H groups in total. The molecule has 3 heteroatoms. The van der Waals surface area contributed by atoms with Crippen molar-refractivity contribution in [3.05, 3.63) is 0 Å². The molecule has 0 bridgehead atoms. The van der Waals surface area contributed by atoms with E-state index < -0.39 is 0 Å². The average Bonchev–Trinajstić information content (AvgIpc) is 2.88. The van der Waals surface area contributed by atoms with Crippen LogP contribution in [0.1, 0.15) is 58.8 Å². The molecule has 104 valence electrons. The topological polar surface area (TPSA) is 41.1 Å². The number of piperidine rings is 1. The Labute approximate surface area is 111 Å². The van der Waals surface area contributed by atoms with Crippen LogP contribution >= 0.6 is 0 Å². The van der Waals surface area contributed by atoms with Crippen LogP contribution in [0.2, 0.25) is 0 Å². The van der Waals surface area contributed by atoms with E-state index in [9.17, 15) is 4.79 Å². The number of carbonyl (C=O) groups excluding carboxylic acids is 1. The monoisotopic (exact) mass is 252 g/mol. The van der Waals surface area contributed by atoms with E-state index in [0.717, 1.165) is 32.4 Å². The molecular weight excluding hydrogens is 224 g/mol. The van der Waals surface area contributed by atoms with Crippen LogP contribution in [0.3, 0.4) is 0 Å². The van der Waals surface area contributed by atoms with E-state index in [1.807, 2.05) is 0 Å². The van der Waals surface area contributed by atoms with Crippen LogP contribution in [0.4, 0.5) is 0 Å². The number of hydrogen-bond donors (Lipinski definition) is 2. The van der Waals surface area contributed by atoms with E-state index in [2.05, 4.69) is 24.5 Å². The minimum absolute atomic E-state index is 0.0324. The van der Waals surface area contributed by atoms with Crippen LogP contribution in [0.15, 0.2) is 0 Å². The molecule has 1 amide bonds. The van der Waals surface area contributed by atoms with Gasteiger partial charge in [-0.15, -0.1) is 0 Å². The molecular formula is C15H28N2O. The second kappa shape index (κ2) is 6.05. The number of rotatable bonds is 4. The van der Waals surface area contributed by atoms with Gasteiger partial charge in [0.15, 0.2) is 0 Å². The molecule has 0 aromatic carbocycles. The molecule has 0 spiro atoms. The summed E-state index contributed by atoms with van der Waals surface area (Å²) in [6.07, 6.45) is 8.11. The van der Waals surface area contributed by atoms with Crippen LogP contribution in [0.25, 0.3) is 0 Å². The van der Waals surface area contributed by atoms with E-state index in [4.69, 9.17) is 0 Å². The minimum atomic E-state index is -0.0324. The first-order valence-electron chi connectivity index (χ1n) is 7.68. The highest BCUT2D eigenvalue weighted by molar-refractivity contribution is 5.82. The highest BCUT2D eigenvalue weighted by Gasteiger charge is 2.39. The van der Waals surface area contributed by atoms with Crippen molar-refractivity contribution < 1.29 is 4.79 Å². The van der Waals surface area contributed by atoms with Crippen LogP contribution < -0.4 is 10.6 Å². The fraction of sp³-hybridized carbons (Fsp3) is 0.933. The van der Waals surface area contributed by atoms with Gasteiger partial charge in [-0.25, -0.2) is 0 Å². The molecule has 0 radical (unpaired) electrons. The van der Waals surface area contributed by atoms with Crippen molar-refractivity contribution in [2.45, 2.75) is 64.8 Å². The van der Waals surface area contributed by atoms with Gasteiger partial charge in [0, 0.05) is 18.0 Å².